The van der Waals surface area contributed by atoms with Crippen LogP contribution in [0.3, 0.4) is 0 Å². The Morgan fingerprint density at radius 2 is 1.84 bits per heavy atom. The molecular formula is C25H32N4O2. The van der Waals surface area contributed by atoms with E-state index in [1.807, 2.05) is 6.20 Å². The first-order chi connectivity index (χ1) is 15.2. The van der Waals surface area contributed by atoms with Gasteiger partial charge in [-0.2, -0.15) is 5.10 Å². The summed E-state index contributed by atoms with van der Waals surface area (Å²) < 4.78 is 8.89. The van der Waals surface area contributed by atoms with E-state index in [0.29, 0.717) is 11.8 Å². The van der Waals surface area contributed by atoms with Crippen LogP contribution in [0, 0.1) is 5.92 Å². The Labute approximate surface area is 184 Å². The molecule has 6 heteroatoms. The molecule has 1 aromatic heterocycles. The zero-order chi connectivity index (χ0) is 20.8. The number of para-hydroxylation sites is 1. The van der Waals surface area contributed by atoms with Crippen LogP contribution in [0.25, 0.3) is 11.3 Å². The van der Waals surface area contributed by atoms with Crippen LogP contribution in [0.1, 0.15) is 50.5 Å². The fraction of sp³-hybridized carbons (Fsp3) is 0.600. The third kappa shape index (κ3) is 3.55. The number of piperidine rings is 1. The molecule has 0 N–H and O–H groups in total. The normalized spacial score (nSPS) is 22.3. The molecule has 1 amide bonds. The first-order valence-corrected chi connectivity index (χ1v) is 12.1. The molecule has 4 heterocycles. The largest absolute Gasteiger partial charge is 0.482 e. The molecule has 2 saturated heterocycles. The van der Waals surface area contributed by atoms with Gasteiger partial charge in [0.15, 0.2) is 0 Å². The molecule has 0 atom stereocenters. The van der Waals surface area contributed by atoms with Gasteiger partial charge in [-0.25, -0.2) is 0 Å². The van der Waals surface area contributed by atoms with Crippen molar-refractivity contribution < 1.29 is 9.53 Å². The van der Waals surface area contributed by atoms with E-state index in [1.165, 1.54) is 50.0 Å². The van der Waals surface area contributed by atoms with Gasteiger partial charge in [-0.3, -0.25) is 9.48 Å². The van der Waals surface area contributed by atoms with Crippen molar-refractivity contribution in [3.05, 3.63) is 36.0 Å². The SMILES string of the molecule is O=C(CC1CC1)N1CCC2(CC1)Oc1ccccc1-c1c2cnn1CCN1CCCC1. The molecule has 1 aliphatic carbocycles. The lowest BCUT2D eigenvalue weighted by Gasteiger charge is -2.44. The zero-order valence-electron chi connectivity index (χ0n) is 18.3. The second-order valence-corrected chi connectivity index (χ2v) is 9.80. The van der Waals surface area contributed by atoms with Gasteiger partial charge in [-0.15, -0.1) is 0 Å². The second kappa shape index (κ2) is 7.66. The molecule has 1 spiro atoms. The van der Waals surface area contributed by atoms with Gasteiger partial charge in [0.05, 0.1) is 18.4 Å². The molecule has 0 bridgehead atoms. The average molecular weight is 421 g/mol. The number of amides is 1. The Hall–Kier alpha value is -2.34. The van der Waals surface area contributed by atoms with Crippen LogP contribution < -0.4 is 4.74 Å². The van der Waals surface area contributed by atoms with Crippen molar-refractivity contribution in [2.24, 2.45) is 5.92 Å². The molecule has 31 heavy (non-hydrogen) atoms. The number of hydrogen-bond donors (Lipinski definition) is 0. The fourth-order valence-electron chi connectivity index (χ4n) is 5.62. The van der Waals surface area contributed by atoms with Crippen LogP contribution in [-0.4, -0.2) is 58.2 Å². The van der Waals surface area contributed by atoms with Crippen LogP contribution in [0.2, 0.25) is 0 Å². The van der Waals surface area contributed by atoms with Gasteiger partial charge < -0.3 is 14.5 Å². The predicted octanol–water partition coefficient (Wildman–Crippen LogP) is 3.66. The van der Waals surface area contributed by atoms with E-state index in [2.05, 4.69) is 38.7 Å². The molecule has 164 valence electrons. The van der Waals surface area contributed by atoms with E-state index >= 15 is 0 Å². The molecule has 4 aliphatic rings. The third-order valence-corrected chi connectivity index (χ3v) is 7.69. The minimum absolute atomic E-state index is 0.329. The van der Waals surface area contributed by atoms with Crippen molar-refractivity contribution in [1.29, 1.82) is 0 Å². The monoisotopic (exact) mass is 420 g/mol. The zero-order valence-corrected chi connectivity index (χ0v) is 18.3. The van der Waals surface area contributed by atoms with Crippen molar-refractivity contribution in [3.63, 3.8) is 0 Å². The highest BCUT2D eigenvalue weighted by Gasteiger charge is 2.46. The predicted molar refractivity (Wildman–Crippen MR) is 119 cm³/mol. The fourth-order valence-corrected chi connectivity index (χ4v) is 5.62. The van der Waals surface area contributed by atoms with E-state index in [4.69, 9.17) is 9.84 Å². The lowest BCUT2D eigenvalue weighted by Crippen LogP contribution is -2.49. The number of hydrogen-bond acceptors (Lipinski definition) is 4. The molecule has 3 fully saturated rings. The Morgan fingerprint density at radius 3 is 2.61 bits per heavy atom. The van der Waals surface area contributed by atoms with E-state index < -0.39 is 0 Å². The first-order valence-electron chi connectivity index (χ1n) is 12.1. The number of benzene rings is 1. The molecular weight excluding hydrogens is 388 g/mol. The smallest absolute Gasteiger partial charge is 0.222 e. The summed E-state index contributed by atoms with van der Waals surface area (Å²) in [5.41, 5.74) is 3.21. The Balaban J connectivity index is 1.26. The summed E-state index contributed by atoms with van der Waals surface area (Å²) in [7, 11) is 0. The number of fused-ring (bicyclic) bond motifs is 4. The van der Waals surface area contributed by atoms with Crippen molar-refractivity contribution in [3.8, 4) is 17.0 Å². The minimum Gasteiger partial charge on any atom is -0.482 e. The maximum Gasteiger partial charge on any atom is 0.222 e. The maximum atomic E-state index is 12.6. The molecule has 6 nitrogen and oxygen atoms in total. The molecule has 0 radical (unpaired) electrons. The quantitative estimate of drug-likeness (QED) is 0.741. The van der Waals surface area contributed by atoms with Gasteiger partial charge in [-0.1, -0.05) is 12.1 Å². The topological polar surface area (TPSA) is 50.6 Å². The molecule has 3 aliphatic heterocycles. The van der Waals surface area contributed by atoms with Crippen molar-refractivity contribution in [2.45, 2.75) is 57.1 Å². The van der Waals surface area contributed by atoms with Gasteiger partial charge in [-0.05, 0) is 56.8 Å². The van der Waals surface area contributed by atoms with Crippen LogP contribution in [-0.2, 0) is 16.9 Å². The van der Waals surface area contributed by atoms with Gasteiger partial charge >= 0.3 is 0 Å². The van der Waals surface area contributed by atoms with Gasteiger partial charge in [0.2, 0.25) is 5.91 Å². The molecule has 1 aromatic carbocycles. The summed E-state index contributed by atoms with van der Waals surface area (Å²) in [6.45, 7) is 5.91. The van der Waals surface area contributed by atoms with E-state index in [0.717, 1.165) is 56.8 Å². The number of carbonyl (C=O) groups is 1. The lowest BCUT2D eigenvalue weighted by atomic mass is 9.81. The third-order valence-electron chi connectivity index (χ3n) is 7.69. The van der Waals surface area contributed by atoms with Crippen molar-refractivity contribution >= 4 is 5.91 Å². The van der Waals surface area contributed by atoms with Crippen LogP contribution in [0.15, 0.2) is 30.5 Å². The molecule has 2 aromatic rings. The Kier molecular flexibility index (Phi) is 4.78. The number of carbonyl (C=O) groups excluding carboxylic acids is 1. The average Bonchev–Trinajstić information content (AvgIpc) is 3.26. The highest BCUT2D eigenvalue weighted by atomic mass is 16.5. The standard InChI is InChI=1S/C25H32N4O2/c30-23(17-19-7-8-19)28-13-9-25(10-14-28)21-18-26-29(16-15-27-11-3-4-12-27)24(21)20-5-1-2-6-22(20)31-25/h1-2,5-6,18-19H,3-4,7-17H2. The summed E-state index contributed by atoms with van der Waals surface area (Å²) in [4.78, 5) is 17.2. The summed E-state index contributed by atoms with van der Waals surface area (Å²) in [5, 5.41) is 4.84. The van der Waals surface area contributed by atoms with Crippen LogP contribution >= 0.6 is 0 Å². The van der Waals surface area contributed by atoms with Gasteiger partial charge in [0.25, 0.3) is 0 Å². The minimum atomic E-state index is -0.369. The van der Waals surface area contributed by atoms with Crippen molar-refractivity contribution in [2.75, 3.05) is 32.7 Å². The number of nitrogens with zero attached hydrogens (tertiary/aromatic N) is 4. The summed E-state index contributed by atoms with van der Waals surface area (Å²) in [5.74, 6) is 1.92. The van der Waals surface area contributed by atoms with Crippen molar-refractivity contribution in [1.82, 2.24) is 19.6 Å². The molecule has 0 unspecified atom stereocenters. The summed E-state index contributed by atoms with van der Waals surface area (Å²) >= 11 is 0. The maximum absolute atomic E-state index is 12.6. The highest BCUT2D eigenvalue weighted by Crippen LogP contribution is 2.49. The van der Waals surface area contributed by atoms with Gasteiger partial charge in [0.1, 0.15) is 11.4 Å². The van der Waals surface area contributed by atoms with Crippen LogP contribution in [0.5, 0.6) is 5.75 Å². The van der Waals surface area contributed by atoms with Crippen LogP contribution in [0.4, 0.5) is 0 Å². The second-order valence-electron chi connectivity index (χ2n) is 9.80. The van der Waals surface area contributed by atoms with E-state index in [-0.39, 0.29) is 5.60 Å². The number of likely N-dealkylation sites (tertiary alicyclic amines) is 2. The van der Waals surface area contributed by atoms with Gasteiger partial charge in [0, 0.05) is 50.0 Å². The Morgan fingerprint density at radius 1 is 1.06 bits per heavy atom. The number of aromatic nitrogens is 2. The number of ether oxygens (including phenoxy) is 1. The molecule has 1 saturated carbocycles. The first kappa shape index (κ1) is 19.4. The van der Waals surface area contributed by atoms with E-state index in [1.54, 1.807) is 0 Å². The van der Waals surface area contributed by atoms with E-state index in [9.17, 15) is 4.79 Å². The lowest BCUT2D eigenvalue weighted by molar-refractivity contribution is -0.135. The summed E-state index contributed by atoms with van der Waals surface area (Å²) in [6.07, 6.45) is 9.52. The number of rotatable bonds is 5. The Bertz CT molecular complexity index is 966. The molecule has 6 rings (SSSR count). The summed E-state index contributed by atoms with van der Waals surface area (Å²) in [6, 6.07) is 8.38. The highest BCUT2D eigenvalue weighted by molar-refractivity contribution is 5.77.